The van der Waals surface area contributed by atoms with Crippen LogP contribution in [0.2, 0.25) is 5.02 Å². The molecular weight excluding hydrogens is 256 g/mol. The Labute approximate surface area is 112 Å². The number of carboxylic acid groups (broad SMARTS) is 1. The van der Waals surface area contributed by atoms with E-state index in [0.29, 0.717) is 5.02 Å². The van der Waals surface area contributed by atoms with Gasteiger partial charge in [0.1, 0.15) is 12.2 Å². The quantitative estimate of drug-likeness (QED) is 0.517. The Hall–Kier alpha value is -1.55. The first-order valence-corrected chi connectivity index (χ1v) is 6.05. The summed E-state index contributed by atoms with van der Waals surface area (Å²) in [6.45, 7) is 4.36. The molecule has 0 heterocycles. The third-order valence-corrected chi connectivity index (χ3v) is 2.09. The molecule has 0 aliphatic carbocycles. The third kappa shape index (κ3) is 8.58. The van der Waals surface area contributed by atoms with E-state index in [2.05, 4.69) is 13.8 Å². The van der Waals surface area contributed by atoms with Crippen LogP contribution in [0, 0.1) is 0 Å². The van der Waals surface area contributed by atoms with Gasteiger partial charge in [0.2, 0.25) is 0 Å². The Morgan fingerprint density at radius 2 is 1.67 bits per heavy atom. The van der Waals surface area contributed by atoms with E-state index in [4.69, 9.17) is 21.4 Å². The Kier molecular flexibility index (Phi) is 8.66. The molecule has 18 heavy (non-hydrogen) atoms. The smallest absolute Gasteiger partial charge is 0.322 e. The van der Waals surface area contributed by atoms with E-state index < -0.39 is 18.4 Å². The van der Waals surface area contributed by atoms with Crippen molar-refractivity contribution in [3.63, 3.8) is 0 Å². The lowest BCUT2D eigenvalue weighted by Gasteiger charge is -2.01. The van der Waals surface area contributed by atoms with E-state index in [1.165, 1.54) is 25.0 Å². The topological polar surface area (TPSA) is 63.6 Å². The molecule has 0 radical (unpaired) electrons. The lowest BCUT2D eigenvalue weighted by Crippen LogP contribution is -2.13. The van der Waals surface area contributed by atoms with Gasteiger partial charge in [-0.25, -0.2) is 0 Å². The largest absolute Gasteiger partial charge is 0.481 e. The molecule has 0 saturated heterocycles. The van der Waals surface area contributed by atoms with Crippen molar-refractivity contribution in [2.24, 2.45) is 0 Å². The van der Waals surface area contributed by atoms with Gasteiger partial charge in [0.05, 0.1) is 0 Å². The number of ether oxygens (including phenoxy) is 1. The molecule has 0 unspecified atom stereocenters. The number of esters is 1. The second-order valence-electron chi connectivity index (χ2n) is 3.50. The average Bonchev–Trinajstić information content (AvgIpc) is 2.31. The zero-order chi connectivity index (χ0) is 14.0. The lowest BCUT2D eigenvalue weighted by atomic mass is 10.3. The molecule has 0 amide bonds. The van der Waals surface area contributed by atoms with Crippen LogP contribution in [0.25, 0.3) is 0 Å². The van der Waals surface area contributed by atoms with Crippen molar-refractivity contribution in [1.82, 2.24) is 0 Å². The number of halogens is 1. The van der Waals surface area contributed by atoms with E-state index in [0.717, 1.165) is 0 Å². The first-order valence-electron chi connectivity index (χ1n) is 5.67. The van der Waals surface area contributed by atoms with Crippen LogP contribution in [-0.4, -0.2) is 17.0 Å². The third-order valence-electron chi connectivity index (χ3n) is 1.84. The monoisotopic (exact) mass is 272 g/mol. The molecule has 4 nitrogen and oxygen atoms in total. The molecule has 0 fully saturated rings. The van der Waals surface area contributed by atoms with Crippen molar-refractivity contribution in [3.05, 3.63) is 29.3 Å². The Morgan fingerprint density at radius 1 is 1.17 bits per heavy atom. The van der Waals surface area contributed by atoms with Gasteiger partial charge in [-0.1, -0.05) is 38.3 Å². The lowest BCUT2D eigenvalue weighted by molar-refractivity contribution is -0.145. The molecule has 1 rings (SSSR count). The summed E-state index contributed by atoms with van der Waals surface area (Å²) in [5.41, 5.74) is 0. The summed E-state index contributed by atoms with van der Waals surface area (Å²) in [6, 6.07) is 6.07. The van der Waals surface area contributed by atoms with Gasteiger partial charge in [-0.05, 0) is 24.3 Å². The minimum atomic E-state index is -1.22. The van der Waals surface area contributed by atoms with Gasteiger partial charge in [-0.2, -0.15) is 0 Å². The molecule has 1 aromatic carbocycles. The van der Waals surface area contributed by atoms with Crippen molar-refractivity contribution in [3.8, 4) is 5.75 Å². The molecule has 0 aromatic heterocycles. The maximum atomic E-state index is 10.9. The fourth-order valence-corrected chi connectivity index (χ4v) is 0.920. The first-order chi connectivity index (χ1) is 8.49. The number of rotatable bonds is 4. The molecule has 0 bridgehead atoms. The SMILES string of the molecule is CCCC.O=C(O)CC(=O)Oc1ccc(Cl)cc1. The standard InChI is InChI=1S/C9H7ClO4.C4H10/c10-6-1-3-7(4-2-6)14-9(13)5-8(11)12;1-3-4-2/h1-4H,5H2,(H,11,12);3-4H2,1-2H3. The van der Waals surface area contributed by atoms with E-state index in [9.17, 15) is 9.59 Å². The van der Waals surface area contributed by atoms with Crippen molar-refractivity contribution < 1.29 is 19.4 Å². The average molecular weight is 273 g/mol. The second kappa shape index (κ2) is 9.48. The summed E-state index contributed by atoms with van der Waals surface area (Å²) in [4.78, 5) is 21.0. The predicted molar refractivity (Wildman–Crippen MR) is 69.9 cm³/mol. The normalized spacial score (nSPS) is 9.06. The van der Waals surface area contributed by atoms with E-state index in [-0.39, 0.29) is 5.75 Å². The second-order valence-corrected chi connectivity index (χ2v) is 3.93. The summed E-state index contributed by atoms with van der Waals surface area (Å²) in [5, 5.41) is 8.80. The molecule has 0 aliphatic rings. The van der Waals surface area contributed by atoms with Gasteiger partial charge in [-0.3, -0.25) is 9.59 Å². The number of hydrogen-bond donors (Lipinski definition) is 1. The van der Waals surface area contributed by atoms with Gasteiger partial charge in [0.25, 0.3) is 0 Å². The maximum Gasteiger partial charge on any atom is 0.322 e. The highest BCUT2D eigenvalue weighted by Crippen LogP contribution is 2.15. The number of carboxylic acids is 1. The number of unbranched alkanes of at least 4 members (excludes halogenated alkanes) is 1. The van der Waals surface area contributed by atoms with Crippen LogP contribution >= 0.6 is 11.6 Å². The van der Waals surface area contributed by atoms with Crippen LogP contribution in [0.5, 0.6) is 5.75 Å². The highest BCUT2D eigenvalue weighted by molar-refractivity contribution is 6.30. The summed E-state index contributed by atoms with van der Waals surface area (Å²) in [5.74, 6) is -1.75. The van der Waals surface area contributed by atoms with E-state index in [1.54, 1.807) is 12.1 Å². The predicted octanol–water partition coefficient (Wildman–Crippen LogP) is 3.53. The Morgan fingerprint density at radius 3 is 2.06 bits per heavy atom. The van der Waals surface area contributed by atoms with Crippen LogP contribution < -0.4 is 4.74 Å². The number of carbonyl (C=O) groups excluding carboxylic acids is 1. The van der Waals surface area contributed by atoms with Gasteiger partial charge >= 0.3 is 11.9 Å². The van der Waals surface area contributed by atoms with Crippen molar-refractivity contribution in [2.45, 2.75) is 33.1 Å². The van der Waals surface area contributed by atoms with Crippen molar-refractivity contribution in [1.29, 1.82) is 0 Å². The van der Waals surface area contributed by atoms with Gasteiger partial charge in [-0.15, -0.1) is 0 Å². The number of benzene rings is 1. The highest BCUT2D eigenvalue weighted by Gasteiger charge is 2.09. The zero-order valence-corrected chi connectivity index (χ0v) is 11.2. The van der Waals surface area contributed by atoms with Crippen LogP contribution in [0.4, 0.5) is 0 Å². The molecule has 1 aromatic rings. The molecule has 1 N–H and O–H groups in total. The molecular formula is C13H17ClO4. The first kappa shape index (κ1) is 16.4. The number of aliphatic carboxylic acids is 1. The highest BCUT2D eigenvalue weighted by atomic mass is 35.5. The molecule has 0 spiro atoms. The zero-order valence-electron chi connectivity index (χ0n) is 10.5. The minimum Gasteiger partial charge on any atom is -0.481 e. The number of carbonyl (C=O) groups is 2. The Bertz CT molecular complexity index is 371. The van der Waals surface area contributed by atoms with Crippen LogP contribution in [0.3, 0.4) is 0 Å². The minimum absolute atomic E-state index is 0.278. The van der Waals surface area contributed by atoms with Gasteiger partial charge in [0, 0.05) is 5.02 Å². The fraction of sp³-hybridized carbons (Fsp3) is 0.385. The Balaban J connectivity index is 0.000000631. The molecule has 0 atom stereocenters. The van der Waals surface area contributed by atoms with Crippen LogP contribution in [0.1, 0.15) is 33.1 Å². The van der Waals surface area contributed by atoms with Gasteiger partial charge < -0.3 is 9.84 Å². The summed E-state index contributed by atoms with van der Waals surface area (Å²) in [6.07, 6.45) is 1.99. The van der Waals surface area contributed by atoms with Crippen LogP contribution in [-0.2, 0) is 9.59 Å². The molecule has 0 saturated carbocycles. The van der Waals surface area contributed by atoms with E-state index >= 15 is 0 Å². The molecule has 0 aliphatic heterocycles. The fourth-order valence-electron chi connectivity index (χ4n) is 0.794. The van der Waals surface area contributed by atoms with E-state index in [1.807, 2.05) is 0 Å². The van der Waals surface area contributed by atoms with Crippen molar-refractivity contribution >= 4 is 23.5 Å². The number of hydrogen-bond acceptors (Lipinski definition) is 3. The summed E-state index contributed by atoms with van der Waals surface area (Å²) >= 11 is 5.60. The summed E-state index contributed by atoms with van der Waals surface area (Å²) < 4.78 is 4.70. The van der Waals surface area contributed by atoms with Crippen molar-refractivity contribution in [2.75, 3.05) is 0 Å². The van der Waals surface area contributed by atoms with Gasteiger partial charge in [0.15, 0.2) is 0 Å². The van der Waals surface area contributed by atoms with Crippen LogP contribution in [0.15, 0.2) is 24.3 Å². The maximum absolute atomic E-state index is 10.9. The molecule has 5 heteroatoms. The summed E-state index contributed by atoms with van der Waals surface area (Å²) in [7, 11) is 0. The molecule has 100 valence electrons.